The Morgan fingerprint density at radius 3 is 1.87 bits per heavy atom. The van der Waals surface area contributed by atoms with Crippen molar-refractivity contribution in [2.24, 2.45) is 0 Å². The van der Waals surface area contributed by atoms with Crippen LogP contribution in [0.15, 0.2) is 0 Å². The van der Waals surface area contributed by atoms with Crippen molar-refractivity contribution in [2.45, 2.75) is 32.4 Å². The number of halogens is 5. The Morgan fingerprint density at radius 2 is 1.43 bits per heavy atom. The quantitative estimate of drug-likeness (QED) is 0.510. The number of amides is 1. The predicted octanol–water partition coefficient (Wildman–Crippen LogP) is 3.41. The van der Waals surface area contributed by atoms with Gasteiger partial charge in [-0.1, -0.05) is 0 Å². The van der Waals surface area contributed by atoms with Crippen molar-refractivity contribution in [3.05, 3.63) is 29.1 Å². The van der Waals surface area contributed by atoms with Gasteiger partial charge < -0.3 is 15.0 Å². The van der Waals surface area contributed by atoms with Crippen molar-refractivity contribution in [1.29, 1.82) is 0 Å². The number of hydrogen-bond acceptors (Lipinski definition) is 3. The fourth-order valence-electron chi connectivity index (χ4n) is 1.98. The Hall–Kier alpha value is -2.06. The van der Waals surface area contributed by atoms with Gasteiger partial charge in [-0.05, 0) is 20.8 Å². The molecule has 1 saturated heterocycles. The Bertz CT molecular complexity index is 610. The topological polar surface area (TPSA) is 41.6 Å². The van der Waals surface area contributed by atoms with Gasteiger partial charge in [-0.3, -0.25) is 0 Å². The van der Waals surface area contributed by atoms with Gasteiger partial charge in [0.05, 0.1) is 6.04 Å². The van der Waals surface area contributed by atoms with Crippen LogP contribution in [-0.2, 0) is 4.74 Å². The van der Waals surface area contributed by atoms with Crippen molar-refractivity contribution in [1.82, 2.24) is 4.90 Å². The van der Waals surface area contributed by atoms with E-state index in [1.807, 2.05) is 0 Å². The minimum Gasteiger partial charge on any atom is -0.444 e. The van der Waals surface area contributed by atoms with Gasteiger partial charge in [0.1, 0.15) is 11.3 Å². The Morgan fingerprint density at radius 1 is 1.00 bits per heavy atom. The lowest BCUT2D eigenvalue weighted by atomic mass is 10.1. The largest absolute Gasteiger partial charge is 0.444 e. The highest BCUT2D eigenvalue weighted by molar-refractivity contribution is 5.69. The van der Waals surface area contributed by atoms with Crippen LogP contribution < -0.4 is 5.32 Å². The summed E-state index contributed by atoms with van der Waals surface area (Å²) >= 11 is 0. The highest BCUT2D eigenvalue weighted by Crippen LogP contribution is 2.29. The molecule has 23 heavy (non-hydrogen) atoms. The van der Waals surface area contributed by atoms with Gasteiger partial charge in [0.15, 0.2) is 23.3 Å². The summed E-state index contributed by atoms with van der Waals surface area (Å²) < 4.78 is 71.2. The van der Waals surface area contributed by atoms with Crippen molar-refractivity contribution >= 4 is 11.8 Å². The minimum atomic E-state index is -2.21. The number of nitrogens with zero attached hydrogens (tertiary/aromatic N) is 1. The molecule has 1 N–H and O–H groups in total. The maximum atomic E-state index is 13.5. The van der Waals surface area contributed by atoms with Gasteiger partial charge in [0, 0.05) is 13.1 Å². The first kappa shape index (κ1) is 17.3. The molecule has 4 nitrogen and oxygen atoms in total. The van der Waals surface area contributed by atoms with E-state index in [-0.39, 0.29) is 13.1 Å². The third-order valence-corrected chi connectivity index (χ3v) is 3.09. The van der Waals surface area contributed by atoms with Gasteiger partial charge in [-0.25, -0.2) is 26.7 Å². The first-order chi connectivity index (χ1) is 10.5. The van der Waals surface area contributed by atoms with Crippen LogP contribution in [-0.4, -0.2) is 35.7 Å². The van der Waals surface area contributed by atoms with Gasteiger partial charge in [-0.2, -0.15) is 0 Å². The maximum absolute atomic E-state index is 13.5. The number of benzene rings is 1. The second kappa shape index (κ2) is 5.86. The first-order valence-electron chi connectivity index (χ1n) is 6.77. The molecule has 1 aliphatic heterocycles. The average Bonchev–Trinajstić information content (AvgIpc) is 2.38. The summed E-state index contributed by atoms with van der Waals surface area (Å²) in [7, 11) is 0. The van der Waals surface area contributed by atoms with E-state index in [1.54, 1.807) is 20.8 Å². The molecule has 2 rings (SSSR count). The zero-order valence-electron chi connectivity index (χ0n) is 12.6. The number of likely N-dealkylation sites (tertiary alicyclic amines) is 1. The third-order valence-electron chi connectivity index (χ3n) is 3.09. The number of ether oxygens (including phenoxy) is 1. The Balaban J connectivity index is 2.03. The molecule has 0 atom stereocenters. The fourth-order valence-corrected chi connectivity index (χ4v) is 1.98. The van der Waals surface area contributed by atoms with Gasteiger partial charge in [0.25, 0.3) is 0 Å². The molecule has 9 heteroatoms. The van der Waals surface area contributed by atoms with Crippen LogP contribution in [0.5, 0.6) is 0 Å². The summed E-state index contributed by atoms with van der Waals surface area (Å²) in [6.07, 6.45) is -0.618. The first-order valence-corrected chi connectivity index (χ1v) is 6.77. The van der Waals surface area contributed by atoms with E-state index in [2.05, 4.69) is 5.32 Å². The van der Waals surface area contributed by atoms with Gasteiger partial charge in [0.2, 0.25) is 5.82 Å². The van der Waals surface area contributed by atoms with Crippen LogP contribution in [0, 0.1) is 29.1 Å². The summed E-state index contributed by atoms with van der Waals surface area (Å²) in [5.74, 6) is -10.1. The van der Waals surface area contributed by atoms with Crippen LogP contribution in [0.4, 0.5) is 32.4 Å². The lowest BCUT2D eigenvalue weighted by Crippen LogP contribution is -2.58. The molecule has 1 aromatic carbocycles. The molecule has 0 spiro atoms. The molecule has 1 fully saturated rings. The van der Waals surface area contributed by atoms with E-state index >= 15 is 0 Å². The van der Waals surface area contributed by atoms with E-state index in [4.69, 9.17) is 4.74 Å². The molecular weight excluding hydrogens is 323 g/mol. The van der Waals surface area contributed by atoms with E-state index in [9.17, 15) is 26.7 Å². The summed E-state index contributed by atoms with van der Waals surface area (Å²) in [6, 6.07) is -0.643. The summed E-state index contributed by atoms with van der Waals surface area (Å²) in [4.78, 5) is 12.9. The average molecular weight is 338 g/mol. The smallest absolute Gasteiger partial charge is 0.410 e. The van der Waals surface area contributed by atoms with Crippen LogP contribution in [0.2, 0.25) is 0 Å². The summed E-state index contributed by atoms with van der Waals surface area (Å²) in [6.45, 7) is 5.07. The molecule has 0 aromatic heterocycles. The number of hydrogen-bond donors (Lipinski definition) is 1. The summed E-state index contributed by atoms with van der Waals surface area (Å²) in [5, 5.41) is 2.23. The van der Waals surface area contributed by atoms with Crippen molar-refractivity contribution < 1.29 is 31.5 Å². The molecule has 1 heterocycles. The highest BCUT2D eigenvalue weighted by atomic mass is 19.2. The van der Waals surface area contributed by atoms with Gasteiger partial charge >= 0.3 is 6.09 Å². The van der Waals surface area contributed by atoms with Crippen LogP contribution in [0.25, 0.3) is 0 Å². The lowest BCUT2D eigenvalue weighted by Gasteiger charge is -2.40. The third kappa shape index (κ3) is 3.48. The molecule has 0 radical (unpaired) electrons. The maximum Gasteiger partial charge on any atom is 0.410 e. The predicted molar refractivity (Wildman–Crippen MR) is 71.4 cm³/mol. The normalized spacial score (nSPS) is 15.4. The zero-order valence-corrected chi connectivity index (χ0v) is 12.6. The van der Waals surface area contributed by atoms with E-state index in [0.717, 1.165) is 0 Å². The Kier molecular flexibility index (Phi) is 4.41. The summed E-state index contributed by atoms with van der Waals surface area (Å²) in [5.41, 5.74) is -1.80. The zero-order chi connectivity index (χ0) is 17.5. The standard InChI is InChI=1S/C14H15F5N2O2/c1-14(2,3)23-13(22)21-4-6(5-21)20-12-10(18)8(16)7(15)9(17)11(12)19/h6,20H,4-5H2,1-3H3. The minimum absolute atomic E-state index is 0.0222. The number of carbonyl (C=O) groups is 1. The molecule has 1 amide bonds. The molecular formula is C14H15F5N2O2. The second-order valence-electron chi connectivity index (χ2n) is 6.17. The lowest BCUT2D eigenvalue weighted by molar-refractivity contribution is 0.0104. The van der Waals surface area contributed by atoms with Crippen LogP contribution in [0.1, 0.15) is 20.8 Å². The van der Waals surface area contributed by atoms with Crippen molar-refractivity contribution in [3.63, 3.8) is 0 Å². The molecule has 0 unspecified atom stereocenters. The fraction of sp³-hybridized carbons (Fsp3) is 0.500. The molecule has 0 aliphatic carbocycles. The van der Waals surface area contributed by atoms with Crippen molar-refractivity contribution in [2.75, 3.05) is 18.4 Å². The van der Waals surface area contributed by atoms with E-state index in [1.165, 1.54) is 4.90 Å². The molecule has 1 aliphatic rings. The molecule has 128 valence electrons. The monoisotopic (exact) mass is 338 g/mol. The molecule has 0 saturated carbocycles. The van der Waals surface area contributed by atoms with E-state index < -0.39 is 52.5 Å². The second-order valence-corrected chi connectivity index (χ2v) is 6.17. The SMILES string of the molecule is CC(C)(C)OC(=O)N1CC(Nc2c(F)c(F)c(F)c(F)c2F)C1. The van der Waals surface area contributed by atoms with Crippen molar-refractivity contribution in [3.8, 4) is 0 Å². The number of nitrogens with one attached hydrogen (secondary N) is 1. The van der Waals surface area contributed by atoms with Crippen LogP contribution >= 0.6 is 0 Å². The number of rotatable bonds is 2. The Labute approximate surface area is 129 Å². The number of anilines is 1. The van der Waals surface area contributed by atoms with Crippen LogP contribution in [0.3, 0.4) is 0 Å². The number of carbonyl (C=O) groups excluding carboxylic acids is 1. The van der Waals surface area contributed by atoms with Gasteiger partial charge in [-0.15, -0.1) is 0 Å². The molecule has 0 bridgehead atoms. The van der Waals surface area contributed by atoms with E-state index in [0.29, 0.717) is 0 Å². The highest BCUT2D eigenvalue weighted by Gasteiger charge is 2.36. The molecule has 1 aromatic rings.